The fourth-order valence-corrected chi connectivity index (χ4v) is 5.64. The SMILES string of the molecule is CC(=O)CCn1c(Cc2cccc3ccccc23)nc2sc3c(c2c1=O)CCC3. The molecular weight excluding hydrogens is 380 g/mol. The maximum absolute atomic E-state index is 13.5. The average Bonchev–Trinajstić information content (AvgIpc) is 3.28. The summed E-state index contributed by atoms with van der Waals surface area (Å²) in [6.07, 6.45) is 4.04. The molecule has 0 N–H and O–H groups in total. The van der Waals surface area contributed by atoms with Crippen LogP contribution in [-0.2, 0) is 30.6 Å². The first-order valence-corrected chi connectivity index (χ1v) is 10.9. The van der Waals surface area contributed by atoms with Crippen molar-refractivity contribution in [3.8, 4) is 0 Å². The average molecular weight is 403 g/mol. The van der Waals surface area contributed by atoms with E-state index in [1.807, 2.05) is 18.2 Å². The molecule has 4 aromatic rings. The molecule has 2 aromatic heterocycles. The van der Waals surface area contributed by atoms with Crippen LogP contribution in [0.25, 0.3) is 21.0 Å². The molecule has 0 spiro atoms. The van der Waals surface area contributed by atoms with Gasteiger partial charge in [0.1, 0.15) is 16.4 Å². The Morgan fingerprint density at radius 2 is 1.97 bits per heavy atom. The summed E-state index contributed by atoms with van der Waals surface area (Å²) < 4.78 is 1.75. The van der Waals surface area contributed by atoms with E-state index in [0.29, 0.717) is 19.4 Å². The quantitative estimate of drug-likeness (QED) is 0.487. The maximum Gasteiger partial charge on any atom is 0.262 e. The molecule has 0 saturated heterocycles. The molecule has 1 aliphatic rings. The minimum atomic E-state index is 0.0193. The third-order valence-electron chi connectivity index (χ3n) is 5.82. The highest BCUT2D eigenvalue weighted by molar-refractivity contribution is 7.18. The molecule has 2 aromatic carbocycles. The van der Waals surface area contributed by atoms with Crippen LogP contribution in [-0.4, -0.2) is 15.3 Å². The van der Waals surface area contributed by atoms with E-state index in [4.69, 9.17) is 4.98 Å². The van der Waals surface area contributed by atoms with Crippen LogP contribution in [0, 0.1) is 0 Å². The van der Waals surface area contributed by atoms with Gasteiger partial charge in [0, 0.05) is 24.3 Å². The van der Waals surface area contributed by atoms with Crippen molar-refractivity contribution >= 4 is 38.1 Å². The zero-order valence-electron chi connectivity index (χ0n) is 16.4. The number of thiophene rings is 1. The molecule has 5 heteroatoms. The van der Waals surface area contributed by atoms with Gasteiger partial charge in [0.25, 0.3) is 5.56 Å². The third-order valence-corrected chi connectivity index (χ3v) is 7.01. The van der Waals surface area contributed by atoms with Crippen LogP contribution in [0.15, 0.2) is 47.3 Å². The summed E-state index contributed by atoms with van der Waals surface area (Å²) >= 11 is 1.67. The van der Waals surface area contributed by atoms with Crippen molar-refractivity contribution in [1.29, 1.82) is 0 Å². The Kier molecular flexibility index (Phi) is 4.55. The molecule has 0 atom stereocenters. The Labute approximate surface area is 172 Å². The van der Waals surface area contributed by atoms with Crippen molar-refractivity contribution in [2.45, 2.75) is 45.6 Å². The zero-order valence-corrected chi connectivity index (χ0v) is 17.2. The van der Waals surface area contributed by atoms with Crippen molar-refractivity contribution in [2.24, 2.45) is 0 Å². The van der Waals surface area contributed by atoms with Crippen molar-refractivity contribution < 1.29 is 4.79 Å². The molecule has 0 radical (unpaired) electrons. The highest BCUT2D eigenvalue weighted by Crippen LogP contribution is 2.35. The first-order chi connectivity index (χ1) is 14.1. The topological polar surface area (TPSA) is 52.0 Å². The molecule has 4 nitrogen and oxygen atoms in total. The van der Waals surface area contributed by atoms with E-state index in [2.05, 4.69) is 24.3 Å². The van der Waals surface area contributed by atoms with E-state index in [1.165, 1.54) is 21.2 Å². The number of carbonyl (C=O) groups is 1. The molecule has 0 unspecified atom stereocenters. The molecule has 0 bridgehead atoms. The molecule has 146 valence electrons. The fraction of sp³-hybridized carbons (Fsp3) is 0.292. The van der Waals surface area contributed by atoms with E-state index < -0.39 is 0 Å². The monoisotopic (exact) mass is 402 g/mol. The van der Waals surface area contributed by atoms with Crippen LogP contribution in [0.2, 0.25) is 0 Å². The van der Waals surface area contributed by atoms with Gasteiger partial charge >= 0.3 is 0 Å². The number of hydrogen-bond acceptors (Lipinski definition) is 4. The van der Waals surface area contributed by atoms with E-state index in [1.54, 1.807) is 22.8 Å². The number of aromatic nitrogens is 2. The van der Waals surface area contributed by atoms with Crippen LogP contribution in [0.4, 0.5) is 0 Å². The van der Waals surface area contributed by atoms with Gasteiger partial charge in [-0.15, -0.1) is 11.3 Å². The number of benzene rings is 2. The molecule has 0 amide bonds. The number of rotatable bonds is 5. The second kappa shape index (κ2) is 7.23. The zero-order chi connectivity index (χ0) is 20.0. The molecule has 2 heterocycles. The lowest BCUT2D eigenvalue weighted by molar-refractivity contribution is -0.117. The van der Waals surface area contributed by atoms with Gasteiger partial charge in [-0.1, -0.05) is 42.5 Å². The van der Waals surface area contributed by atoms with Crippen molar-refractivity contribution in [3.05, 3.63) is 74.6 Å². The van der Waals surface area contributed by atoms with E-state index in [0.717, 1.165) is 40.9 Å². The van der Waals surface area contributed by atoms with Gasteiger partial charge in [-0.3, -0.25) is 14.2 Å². The summed E-state index contributed by atoms with van der Waals surface area (Å²) in [7, 11) is 0. The smallest absolute Gasteiger partial charge is 0.262 e. The van der Waals surface area contributed by atoms with Crippen molar-refractivity contribution in [2.75, 3.05) is 0 Å². The first-order valence-electron chi connectivity index (χ1n) is 10.1. The standard InChI is InChI=1S/C24H22N2O2S/c1-15(27)12-13-26-21(14-17-8-4-7-16-6-2-3-9-18(16)17)25-23-22(24(26)28)19-10-5-11-20(19)29-23/h2-4,6-9H,5,10-14H2,1H3. The molecule has 29 heavy (non-hydrogen) atoms. The number of nitrogens with zero attached hydrogens (tertiary/aromatic N) is 2. The molecular formula is C24H22N2O2S. The van der Waals surface area contributed by atoms with Crippen LogP contribution >= 0.6 is 11.3 Å². The van der Waals surface area contributed by atoms with Gasteiger partial charge < -0.3 is 0 Å². The molecule has 0 saturated carbocycles. The summed E-state index contributed by atoms with van der Waals surface area (Å²) in [6.45, 7) is 1.96. The van der Waals surface area contributed by atoms with Crippen molar-refractivity contribution in [3.63, 3.8) is 0 Å². The van der Waals surface area contributed by atoms with E-state index in [-0.39, 0.29) is 11.3 Å². The normalized spacial score (nSPS) is 13.3. The Morgan fingerprint density at radius 1 is 1.14 bits per heavy atom. The lowest BCUT2D eigenvalue weighted by Crippen LogP contribution is -2.26. The minimum Gasteiger partial charge on any atom is -0.300 e. The number of hydrogen-bond donors (Lipinski definition) is 0. The van der Waals surface area contributed by atoms with Gasteiger partial charge in [-0.2, -0.15) is 0 Å². The molecule has 0 aliphatic heterocycles. The summed E-state index contributed by atoms with van der Waals surface area (Å²) in [5, 5.41) is 3.14. The number of aryl methyl sites for hydroxylation is 2. The number of Topliss-reactive ketones (excluding diaryl/α,β-unsaturated/α-hetero) is 1. The van der Waals surface area contributed by atoms with Gasteiger partial charge in [-0.05, 0) is 48.1 Å². The lowest BCUT2D eigenvalue weighted by atomic mass is 10.0. The minimum absolute atomic E-state index is 0.0193. The molecule has 1 aliphatic carbocycles. The summed E-state index contributed by atoms with van der Waals surface area (Å²) in [5.74, 6) is 0.837. The first kappa shape index (κ1) is 18.3. The van der Waals surface area contributed by atoms with Gasteiger partial charge in [0.15, 0.2) is 0 Å². The highest BCUT2D eigenvalue weighted by Gasteiger charge is 2.23. The largest absolute Gasteiger partial charge is 0.300 e. The van der Waals surface area contributed by atoms with Crippen LogP contribution in [0.1, 0.15) is 41.6 Å². The number of fused-ring (bicyclic) bond motifs is 4. The Hall–Kier alpha value is -2.79. The summed E-state index contributed by atoms with van der Waals surface area (Å²) in [6, 6.07) is 14.5. The summed E-state index contributed by atoms with van der Waals surface area (Å²) in [5.41, 5.74) is 2.36. The predicted octanol–water partition coefficient (Wildman–Crippen LogP) is 4.67. The third kappa shape index (κ3) is 3.19. The fourth-order valence-electron chi connectivity index (χ4n) is 4.37. The predicted molar refractivity (Wildman–Crippen MR) is 118 cm³/mol. The Balaban J connectivity index is 1.68. The maximum atomic E-state index is 13.5. The van der Waals surface area contributed by atoms with Crippen molar-refractivity contribution in [1.82, 2.24) is 9.55 Å². The Bertz CT molecular complexity index is 1310. The number of ketones is 1. The van der Waals surface area contributed by atoms with Crippen LogP contribution in [0.5, 0.6) is 0 Å². The Morgan fingerprint density at radius 3 is 2.83 bits per heavy atom. The number of carbonyl (C=O) groups excluding carboxylic acids is 1. The molecule has 0 fully saturated rings. The molecule has 5 rings (SSSR count). The van der Waals surface area contributed by atoms with Gasteiger partial charge in [0.05, 0.1) is 5.39 Å². The second-order valence-electron chi connectivity index (χ2n) is 7.79. The van der Waals surface area contributed by atoms with E-state index >= 15 is 0 Å². The lowest BCUT2D eigenvalue weighted by Gasteiger charge is -2.13. The second-order valence-corrected chi connectivity index (χ2v) is 8.87. The van der Waals surface area contributed by atoms with E-state index in [9.17, 15) is 9.59 Å². The highest BCUT2D eigenvalue weighted by atomic mass is 32.1. The summed E-state index contributed by atoms with van der Waals surface area (Å²) in [4.78, 5) is 32.2. The van der Waals surface area contributed by atoms with Crippen LogP contribution < -0.4 is 5.56 Å². The van der Waals surface area contributed by atoms with Gasteiger partial charge in [0.2, 0.25) is 0 Å². The van der Waals surface area contributed by atoms with Crippen LogP contribution in [0.3, 0.4) is 0 Å². The van der Waals surface area contributed by atoms with Gasteiger partial charge in [-0.25, -0.2) is 4.98 Å².